The molecule has 0 aliphatic rings. The van der Waals surface area contributed by atoms with Crippen molar-refractivity contribution in [3.8, 4) is 0 Å². The van der Waals surface area contributed by atoms with Gasteiger partial charge in [-0.1, -0.05) is 23.2 Å². The first-order valence-electron chi connectivity index (χ1n) is 5.12. The fourth-order valence-electron chi connectivity index (χ4n) is 1.39. The molecule has 0 aromatic heterocycles. The Bertz CT molecular complexity index is 702. The van der Waals surface area contributed by atoms with Gasteiger partial charge in [0.25, 0.3) is 10.0 Å². The second-order valence-electron chi connectivity index (χ2n) is 3.69. The lowest BCUT2D eigenvalue weighted by molar-refractivity contribution is 0.601. The van der Waals surface area contributed by atoms with Crippen LogP contribution in [0.2, 0.25) is 10.0 Å². The Kier molecular flexibility index (Phi) is 4.60. The smallest absolute Gasteiger partial charge is 0.261 e. The minimum Gasteiger partial charge on any atom is -0.280 e. The van der Waals surface area contributed by atoms with E-state index in [0.29, 0.717) is 15.7 Å². The van der Waals surface area contributed by atoms with Crippen LogP contribution in [-0.4, -0.2) is 8.42 Å². The standard InChI is InChI=1S/C12H8Cl2INO2S/c13-11-6-3-9(7-12(11)14)16-19(17,18)10-4-1-8(15)2-5-10/h1-7,16H. The van der Waals surface area contributed by atoms with Crippen LogP contribution < -0.4 is 4.72 Å². The number of hydrogen-bond acceptors (Lipinski definition) is 2. The van der Waals surface area contributed by atoms with Gasteiger partial charge in [-0.3, -0.25) is 4.72 Å². The molecular weight excluding hydrogens is 420 g/mol. The highest BCUT2D eigenvalue weighted by Crippen LogP contribution is 2.26. The molecule has 0 bridgehead atoms. The average Bonchev–Trinajstić information content (AvgIpc) is 2.34. The van der Waals surface area contributed by atoms with Gasteiger partial charge < -0.3 is 0 Å². The summed E-state index contributed by atoms with van der Waals surface area (Å²) in [6, 6.07) is 11.1. The van der Waals surface area contributed by atoms with E-state index in [1.165, 1.54) is 12.1 Å². The maximum absolute atomic E-state index is 12.1. The minimum atomic E-state index is -3.61. The van der Waals surface area contributed by atoms with Crippen molar-refractivity contribution in [2.45, 2.75) is 4.90 Å². The van der Waals surface area contributed by atoms with E-state index in [4.69, 9.17) is 23.2 Å². The highest BCUT2D eigenvalue weighted by atomic mass is 127. The van der Waals surface area contributed by atoms with Crippen molar-refractivity contribution in [1.29, 1.82) is 0 Å². The van der Waals surface area contributed by atoms with Gasteiger partial charge in [-0.2, -0.15) is 0 Å². The first-order chi connectivity index (χ1) is 8.88. The number of rotatable bonds is 3. The fourth-order valence-corrected chi connectivity index (χ4v) is 3.09. The Hall–Kier alpha value is -0.500. The quantitative estimate of drug-likeness (QED) is 0.738. The molecule has 7 heteroatoms. The van der Waals surface area contributed by atoms with Gasteiger partial charge in [-0.25, -0.2) is 8.42 Å². The molecule has 3 nitrogen and oxygen atoms in total. The molecule has 0 radical (unpaired) electrons. The summed E-state index contributed by atoms with van der Waals surface area (Å²) in [7, 11) is -3.61. The lowest BCUT2D eigenvalue weighted by Crippen LogP contribution is -2.12. The van der Waals surface area contributed by atoms with Gasteiger partial charge in [0.1, 0.15) is 0 Å². The number of anilines is 1. The second-order valence-corrected chi connectivity index (χ2v) is 7.43. The minimum absolute atomic E-state index is 0.194. The predicted molar refractivity (Wildman–Crippen MR) is 86.4 cm³/mol. The Labute approximate surface area is 135 Å². The molecule has 1 N–H and O–H groups in total. The van der Waals surface area contributed by atoms with Crippen LogP contribution in [0.5, 0.6) is 0 Å². The van der Waals surface area contributed by atoms with Gasteiger partial charge in [0.05, 0.1) is 20.6 Å². The molecule has 0 saturated carbocycles. The number of halogens is 3. The second kappa shape index (κ2) is 5.87. The van der Waals surface area contributed by atoms with E-state index in [1.807, 2.05) is 0 Å². The fraction of sp³-hybridized carbons (Fsp3) is 0. The third kappa shape index (κ3) is 3.75. The van der Waals surface area contributed by atoms with Crippen LogP contribution in [-0.2, 0) is 10.0 Å². The van der Waals surface area contributed by atoms with Gasteiger partial charge in [-0.05, 0) is 65.1 Å². The van der Waals surface area contributed by atoms with E-state index in [0.717, 1.165) is 3.57 Å². The summed E-state index contributed by atoms with van der Waals surface area (Å²) >= 11 is 13.7. The number of hydrogen-bond donors (Lipinski definition) is 1. The Morgan fingerprint density at radius 1 is 0.947 bits per heavy atom. The molecule has 0 saturated heterocycles. The van der Waals surface area contributed by atoms with Crippen molar-refractivity contribution >= 4 is 61.5 Å². The van der Waals surface area contributed by atoms with Crippen LogP contribution in [0.4, 0.5) is 5.69 Å². The molecule has 2 rings (SSSR count). The van der Waals surface area contributed by atoms with Crippen molar-refractivity contribution in [1.82, 2.24) is 0 Å². The topological polar surface area (TPSA) is 46.2 Å². The van der Waals surface area contributed by atoms with Crippen molar-refractivity contribution in [2.24, 2.45) is 0 Å². The highest BCUT2D eigenvalue weighted by Gasteiger charge is 2.14. The largest absolute Gasteiger partial charge is 0.280 e. The third-order valence-corrected chi connectivity index (χ3v) is 5.15. The predicted octanol–water partition coefficient (Wildman–Crippen LogP) is 4.40. The van der Waals surface area contributed by atoms with E-state index in [1.54, 1.807) is 30.3 Å². The van der Waals surface area contributed by atoms with Crippen molar-refractivity contribution in [2.75, 3.05) is 4.72 Å². The summed E-state index contributed by atoms with van der Waals surface area (Å²) in [6.45, 7) is 0. The zero-order chi connectivity index (χ0) is 14.0. The van der Waals surface area contributed by atoms with E-state index in [-0.39, 0.29) is 4.90 Å². The molecule has 2 aromatic carbocycles. The SMILES string of the molecule is O=S(=O)(Nc1ccc(Cl)c(Cl)c1)c1ccc(I)cc1. The molecule has 0 aliphatic carbocycles. The molecule has 100 valence electrons. The van der Waals surface area contributed by atoms with E-state index in [2.05, 4.69) is 27.3 Å². The van der Waals surface area contributed by atoms with Gasteiger partial charge in [-0.15, -0.1) is 0 Å². The van der Waals surface area contributed by atoms with Gasteiger partial charge in [0, 0.05) is 3.57 Å². The van der Waals surface area contributed by atoms with Crippen molar-refractivity contribution in [3.05, 3.63) is 56.1 Å². The average molecular weight is 428 g/mol. The number of benzene rings is 2. The summed E-state index contributed by atoms with van der Waals surface area (Å²) in [6.07, 6.45) is 0. The first-order valence-corrected chi connectivity index (χ1v) is 8.44. The number of nitrogens with one attached hydrogen (secondary N) is 1. The molecule has 0 amide bonds. The molecule has 0 unspecified atom stereocenters. The summed E-state index contributed by atoms with van der Waals surface area (Å²) < 4.78 is 27.7. The molecular formula is C12H8Cl2INO2S. The number of sulfonamides is 1. The molecule has 0 spiro atoms. The Morgan fingerprint density at radius 2 is 1.58 bits per heavy atom. The van der Waals surface area contributed by atoms with Gasteiger partial charge in [0.15, 0.2) is 0 Å². The molecule has 2 aromatic rings. The van der Waals surface area contributed by atoms with Crippen LogP contribution in [0.3, 0.4) is 0 Å². The molecule has 0 heterocycles. The molecule has 19 heavy (non-hydrogen) atoms. The third-order valence-electron chi connectivity index (χ3n) is 2.30. The van der Waals surface area contributed by atoms with Crippen molar-refractivity contribution in [3.63, 3.8) is 0 Å². The molecule has 0 aliphatic heterocycles. The van der Waals surface area contributed by atoms with Crippen LogP contribution in [0.15, 0.2) is 47.4 Å². The summed E-state index contributed by atoms with van der Waals surface area (Å²) in [5, 5.41) is 0.670. The summed E-state index contributed by atoms with van der Waals surface area (Å²) in [5.41, 5.74) is 0.368. The van der Waals surface area contributed by atoms with Gasteiger partial charge in [0.2, 0.25) is 0 Å². The zero-order valence-corrected chi connectivity index (χ0v) is 13.9. The molecule has 0 atom stereocenters. The summed E-state index contributed by atoms with van der Waals surface area (Å²) in [4.78, 5) is 0.194. The first kappa shape index (κ1) is 14.9. The van der Waals surface area contributed by atoms with Crippen LogP contribution >= 0.6 is 45.8 Å². The van der Waals surface area contributed by atoms with Crippen LogP contribution in [0.1, 0.15) is 0 Å². The van der Waals surface area contributed by atoms with Crippen LogP contribution in [0, 0.1) is 3.57 Å². The van der Waals surface area contributed by atoms with E-state index in [9.17, 15) is 8.42 Å². The van der Waals surface area contributed by atoms with E-state index < -0.39 is 10.0 Å². The molecule has 0 fully saturated rings. The van der Waals surface area contributed by atoms with Gasteiger partial charge >= 0.3 is 0 Å². The Morgan fingerprint density at radius 3 is 2.16 bits per heavy atom. The normalized spacial score (nSPS) is 11.3. The van der Waals surface area contributed by atoms with Crippen molar-refractivity contribution < 1.29 is 8.42 Å². The maximum atomic E-state index is 12.1. The highest BCUT2D eigenvalue weighted by molar-refractivity contribution is 14.1. The van der Waals surface area contributed by atoms with E-state index >= 15 is 0 Å². The monoisotopic (exact) mass is 427 g/mol. The zero-order valence-electron chi connectivity index (χ0n) is 9.40. The maximum Gasteiger partial charge on any atom is 0.261 e. The van der Waals surface area contributed by atoms with Crippen LogP contribution in [0.25, 0.3) is 0 Å². The summed E-state index contributed by atoms with van der Waals surface area (Å²) in [5.74, 6) is 0. The lowest BCUT2D eigenvalue weighted by Gasteiger charge is -2.09. The Balaban J connectivity index is 2.30. The lowest BCUT2D eigenvalue weighted by atomic mass is 10.3.